The van der Waals surface area contributed by atoms with Gasteiger partial charge in [-0.1, -0.05) is 31.2 Å². The fourth-order valence-corrected chi connectivity index (χ4v) is 1.91. The number of amides is 1. The van der Waals surface area contributed by atoms with Crippen molar-refractivity contribution in [3.05, 3.63) is 36.5 Å². The van der Waals surface area contributed by atoms with Crippen LogP contribution in [0.15, 0.2) is 36.5 Å². The normalized spacial score (nSPS) is 10.4. The summed E-state index contributed by atoms with van der Waals surface area (Å²) in [7, 11) is 0. The van der Waals surface area contributed by atoms with Gasteiger partial charge in [0.25, 0.3) is 0 Å². The molecule has 19 heavy (non-hydrogen) atoms. The maximum Gasteiger partial charge on any atom is 0.221 e. The minimum Gasteiger partial charge on any atom is -0.369 e. The molecule has 0 aliphatic heterocycles. The number of carbonyl (C=O) groups is 1. The van der Waals surface area contributed by atoms with Gasteiger partial charge in [0.1, 0.15) is 5.82 Å². The van der Waals surface area contributed by atoms with Crippen LogP contribution in [-0.4, -0.2) is 24.0 Å². The summed E-state index contributed by atoms with van der Waals surface area (Å²) >= 11 is 0. The van der Waals surface area contributed by atoms with Crippen molar-refractivity contribution in [1.82, 2.24) is 10.3 Å². The molecule has 0 saturated carbocycles. The van der Waals surface area contributed by atoms with Gasteiger partial charge in [0.15, 0.2) is 0 Å². The Balaban J connectivity index is 1.93. The molecular weight excluding hydrogens is 238 g/mol. The molecule has 0 unspecified atom stereocenters. The predicted molar refractivity (Wildman–Crippen MR) is 78.2 cm³/mol. The first kappa shape index (κ1) is 13.3. The van der Waals surface area contributed by atoms with E-state index in [2.05, 4.69) is 21.7 Å². The molecule has 0 aliphatic carbocycles. The van der Waals surface area contributed by atoms with Gasteiger partial charge in [-0.15, -0.1) is 0 Å². The molecule has 1 heterocycles. The molecule has 0 bridgehead atoms. The van der Waals surface area contributed by atoms with Gasteiger partial charge < -0.3 is 10.6 Å². The molecule has 4 nitrogen and oxygen atoms in total. The maximum atomic E-state index is 11.5. The van der Waals surface area contributed by atoms with Crippen LogP contribution in [0.5, 0.6) is 0 Å². The summed E-state index contributed by atoms with van der Waals surface area (Å²) in [6.07, 6.45) is 3.21. The number of pyridine rings is 1. The molecule has 0 fully saturated rings. The van der Waals surface area contributed by atoms with E-state index in [4.69, 9.17) is 0 Å². The predicted octanol–water partition coefficient (Wildman–Crippen LogP) is 2.56. The summed E-state index contributed by atoms with van der Waals surface area (Å²) < 4.78 is 0. The van der Waals surface area contributed by atoms with Crippen molar-refractivity contribution in [2.75, 3.05) is 18.4 Å². The fourth-order valence-electron chi connectivity index (χ4n) is 1.91. The highest BCUT2D eigenvalue weighted by atomic mass is 16.1. The van der Waals surface area contributed by atoms with Crippen molar-refractivity contribution in [2.45, 2.75) is 19.8 Å². The van der Waals surface area contributed by atoms with E-state index in [1.165, 1.54) is 0 Å². The zero-order valence-corrected chi connectivity index (χ0v) is 11.1. The highest BCUT2D eigenvalue weighted by Gasteiger charge is 2.03. The molecule has 1 aromatic heterocycles. The van der Waals surface area contributed by atoms with Crippen LogP contribution < -0.4 is 10.6 Å². The molecule has 100 valence electrons. The Kier molecular flexibility index (Phi) is 4.72. The molecule has 0 aliphatic rings. The first-order valence-electron chi connectivity index (χ1n) is 6.65. The van der Waals surface area contributed by atoms with E-state index in [1.54, 1.807) is 6.20 Å². The van der Waals surface area contributed by atoms with Gasteiger partial charge in [-0.3, -0.25) is 4.79 Å². The van der Waals surface area contributed by atoms with Crippen LogP contribution in [-0.2, 0) is 4.79 Å². The van der Waals surface area contributed by atoms with Gasteiger partial charge in [-0.05, 0) is 17.9 Å². The largest absolute Gasteiger partial charge is 0.369 e. The van der Waals surface area contributed by atoms with Gasteiger partial charge in [-0.25, -0.2) is 4.98 Å². The standard InChI is InChI=1S/C15H19N3O/c1-2-9-16-14(19)8-11-18-15-13-6-4-3-5-12(13)7-10-17-15/h3-7,10H,2,8-9,11H2,1H3,(H,16,19)(H,17,18). The number of anilines is 1. The smallest absolute Gasteiger partial charge is 0.221 e. The monoisotopic (exact) mass is 257 g/mol. The zero-order chi connectivity index (χ0) is 13.5. The Bertz CT molecular complexity index is 549. The highest BCUT2D eigenvalue weighted by Crippen LogP contribution is 2.19. The van der Waals surface area contributed by atoms with Crippen LogP contribution >= 0.6 is 0 Å². The molecule has 0 radical (unpaired) electrons. The van der Waals surface area contributed by atoms with Gasteiger partial charge in [0, 0.05) is 31.1 Å². The lowest BCUT2D eigenvalue weighted by Crippen LogP contribution is -2.25. The summed E-state index contributed by atoms with van der Waals surface area (Å²) in [4.78, 5) is 15.8. The molecule has 2 N–H and O–H groups in total. The summed E-state index contributed by atoms with van der Waals surface area (Å²) in [5.41, 5.74) is 0. The van der Waals surface area contributed by atoms with E-state index in [-0.39, 0.29) is 5.91 Å². The Morgan fingerprint density at radius 3 is 2.89 bits per heavy atom. The van der Waals surface area contributed by atoms with E-state index in [9.17, 15) is 4.79 Å². The van der Waals surface area contributed by atoms with Gasteiger partial charge in [0.05, 0.1) is 0 Å². The Morgan fingerprint density at radius 1 is 1.21 bits per heavy atom. The minimum absolute atomic E-state index is 0.0783. The number of benzene rings is 1. The second-order valence-electron chi connectivity index (χ2n) is 4.41. The Morgan fingerprint density at radius 2 is 2.05 bits per heavy atom. The van der Waals surface area contributed by atoms with E-state index in [1.807, 2.05) is 31.2 Å². The number of hydrogen-bond acceptors (Lipinski definition) is 3. The fraction of sp³-hybridized carbons (Fsp3) is 0.333. The third kappa shape index (κ3) is 3.68. The second kappa shape index (κ2) is 6.73. The molecule has 0 saturated heterocycles. The lowest BCUT2D eigenvalue weighted by atomic mass is 10.1. The SMILES string of the molecule is CCCNC(=O)CCNc1nccc2ccccc12. The summed E-state index contributed by atoms with van der Waals surface area (Å²) in [6.45, 7) is 3.38. The molecule has 1 amide bonds. The molecule has 0 atom stereocenters. The number of carbonyl (C=O) groups excluding carboxylic acids is 1. The number of rotatable bonds is 6. The first-order chi connectivity index (χ1) is 9.31. The summed E-state index contributed by atoms with van der Waals surface area (Å²) in [5, 5.41) is 8.31. The molecule has 4 heteroatoms. The zero-order valence-electron chi connectivity index (χ0n) is 11.1. The minimum atomic E-state index is 0.0783. The Hall–Kier alpha value is -2.10. The van der Waals surface area contributed by atoms with Gasteiger partial charge >= 0.3 is 0 Å². The quantitative estimate of drug-likeness (QED) is 0.836. The third-order valence-electron chi connectivity index (χ3n) is 2.89. The number of hydrogen-bond donors (Lipinski definition) is 2. The van der Waals surface area contributed by atoms with Crippen LogP contribution in [0.25, 0.3) is 10.8 Å². The van der Waals surface area contributed by atoms with Crippen LogP contribution in [0.4, 0.5) is 5.82 Å². The maximum absolute atomic E-state index is 11.5. The third-order valence-corrected chi connectivity index (χ3v) is 2.89. The van der Waals surface area contributed by atoms with Gasteiger partial charge in [-0.2, -0.15) is 0 Å². The van der Waals surface area contributed by atoms with E-state index >= 15 is 0 Å². The van der Waals surface area contributed by atoms with Crippen molar-refractivity contribution in [1.29, 1.82) is 0 Å². The van der Waals surface area contributed by atoms with Crippen LogP contribution in [0.2, 0.25) is 0 Å². The Labute approximate surface area is 113 Å². The highest BCUT2D eigenvalue weighted by molar-refractivity contribution is 5.91. The molecule has 0 spiro atoms. The number of aromatic nitrogens is 1. The number of nitrogens with zero attached hydrogens (tertiary/aromatic N) is 1. The van der Waals surface area contributed by atoms with Crippen LogP contribution in [0, 0.1) is 0 Å². The van der Waals surface area contributed by atoms with Crippen molar-refractivity contribution >= 4 is 22.5 Å². The summed E-state index contributed by atoms with van der Waals surface area (Å²) in [5.74, 6) is 0.913. The van der Waals surface area contributed by atoms with E-state index in [0.717, 1.165) is 29.6 Å². The molecular formula is C15H19N3O. The average Bonchev–Trinajstić information content (AvgIpc) is 2.45. The average molecular weight is 257 g/mol. The van der Waals surface area contributed by atoms with Crippen molar-refractivity contribution in [2.24, 2.45) is 0 Å². The van der Waals surface area contributed by atoms with Crippen LogP contribution in [0.3, 0.4) is 0 Å². The number of fused-ring (bicyclic) bond motifs is 1. The molecule has 1 aromatic carbocycles. The summed E-state index contributed by atoms with van der Waals surface area (Å²) in [6, 6.07) is 10.1. The van der Waals surface area contributed by atoms with E-state index < -0.39 is 0 Å². The van der Waals surface area contributed by atoms with Gasteiger partial charge in [0.2, 0.25) is 5.91 Å². The van der Waals surface area contributed by atoms with Crippen LogP contribution in [0.1, 0.15) is 19.8 Å². The number of nitrogens with one attached hydrogen (secondary N) is 2. The second-order valence-corrected chi connectivity index (χ2v) is 4.41. The first-order valence-corrected chi connectivity index (χ1v) is 6.65. The van der Waals surface area contributed by atoms with Crippen molar-refractivity contribution < 1.29 is 4.79 Å². The van der Waals surface area contributed by atoms with E-state index in [0.29, 0.717) is 13.0 Å². The molecule has 2 rings (SSSR count). The lowest BCUT2D eigenvalue weighted by molar-refractivity contribution is -0.120. The molecule has 2 aromatic rings. The van der Waals surface area contributed by atoms with Crippen molar-refractivity contribution in [3.63, 3.8) is 0 Å². The van der Waals surface area contributed by atoms with Crippen molar-refractivity contribution in [3.8, 4) is 0 Å². The topological polar surface area (TPSA) is 54.0 Å². The lowest BCUT2D eigenvalue weighted by Gasteiger charge is -2.08.